The second-order valence-electron chi connectivity index (χ2n) is 5.82. The number of allylic oxidation sites excluding steroid dienone is 4. The first-order valence-corrected chi connectivity index (χ1v) is 9.79. The molecule has 0 unspecified atom stereocenters. The Hall–Kier alpha value is -2.18. The number of hydrogen-bond donors (Lipinski definition) is 0. The Morgan fingerprint density at radius 1 is 1.08 bits per heavy atom. The van der Waals surface area contributed by atoms with Gasteiger partial charge < -0.3 is 0 Å². The molecule has 4 nitrogen and oxygen atoms in total. The number of amides is 2. The maximum absolute atomic E-state index is 13.1. The molecule has 2 amide bonds. The summed E-state index contributed by atoms with van der Waals surface area (Å²) in [6.45, 7) is 6.53. The number of thiocarbonyl (C=S) groups is 1. The van der Waals surface area contributed by atoms with E-state index in [0.29, 0.717) is 18.7 Å². The highest BCUT2D eigenvalue weighted by molar-refractivity contribution is 8.03. The SMILES string of the molecule is C/C=C/C1=CC(=C2C(=O)N(CC)C(=S)N(CC)C2=O)c2ccccc2S1. The minimum atomic E-state index is -0.319. The highest BCUT2D eigenvalue weighted by Crippen LogP contribution is 2.42. The van der Waals surface area contributed by atoms with Gasteiger partial charge in [0.25, 0.3) is 11.8 Å². The molecule has 1 aromatic rings. The van der Waals surface area contributed by atoms with Crippen LogP contribution in [-0.2, 0) is 9.59 Å². The molecule has 1 fully saturated rings. The number of hydrogen-bond acceptors (Lipinski definition) is 4. The number of carbonyl (C=O) groups excluding carboxylic acids is 2. The number of nitrogens with zero attached hydrogens (tertiary/aromatic N) is 2. The van der Waals surface area contributed by atoms with Crippen molar-refractivity contribution in [2.24, 2.45) is 0 Å². The lowest BCUT2D eigenvalue weighted by molar-refractivity contribution is -0.133. The third kappa shape index (κ3) is 3.04. The van der Waals surface area contributed by atoms with Crippen LogP contribution in [-0.4, -0.2) is 39.8 Å². The number of thioether (sulfide) groups is 1. The van der Waals surface area contributed by atoms with Crippen LogP contribution in [0.5, 0.6) is 0 Å². The van der Waals surface area contributed by atoms with Crippen LogP contribution >= 0.6 is 24.0 Å². The smallest absolute Gasteiger partial charge is 0.266 e. The van der Waals surface area contributed by atoms with Crippen molar-refractivity contribution in [1.82, 2.24) is 9.80 Å². The molecule has 0 saturated carbocycles. The first-order valence-electron chi connectivity index (χ1n) is 8.57. The van der Waals surface area contributed by atoms with Gasteiger partial charge in [-0.1, -0.05) is 42.1 Å². The summed E-state index contributed by atoms with van der Waals surface area (Å²) < 4.78 is 0. The molecule has 0 atom stereocenters. The molecular formula is C20H20N2O2S2. The van der Waals surface area contributed by atoms with Crippen LogP contribution in [0.25, 0.3) is 5.57 Å². The van der Waals surface area contributed by atoms with E-state index in [4.69, 9.17) is 12.2 Å². The average Bonchev–Trinajstić information content (AvgIpc) is 2.62. The highest BCUT2D eigenvalue weighted by atomic mass is 32.2. The van der Waals surface area contributed by atoms with Gasteiger partial charge in [0.05, 0.1) is 0 Å². The van der Waals surface area contributed by atoms with Crippen molar-refractivity contribution in [2.45, 2.75) is 25.7 Å². The van der Waals surface area contributed by atoms with Crippen LogP contribution in [0.15, 0.2) is 57.9 Å². The van der Waals surface area contributed by atoms with E-state index in [2.05, 4.69) is 0 Å². The van der Waals surface area contributed by atoms with Crippen molar-refractivity contribution < 1.29 is 9.59 Å². The van der Waals surface area contributed by atoms with E-state index in [1.54, 1.807) is 11.8 Å². The fourth-order valence-corrected chi connectivity index (χ4v) is 4.57. The van der Waals surface area contributed by atoms with E-state index < -0.39 is 0 Å². The maximum atomic E-state index is 13.1. The van der Waals surface area contributed by atoms with Gasteiger partial charge in [-0.3, -0.25) is 19.4 Å². The summed E-state index contributed by atoms with van der Waals surface area (Å²) in [5.74, 6) is -0.639. The van der Waals surface area contributed by atoms with E-state index in [9.17, 15) is 9.59 Å². The topological polar surface area (TPSA) is 40.6 Å². The number of benzene rings is 1. The molecule has 2 aliphatic heterocycles. The van der Waals surface area contributed by atoms with Crippen molar-refractivity contribution in [2.75, 3.05) is 13.1 Å². The van der Waals surface area contributed by atoms with E-state index in [1.807, 2.05) is 63.3 Å². The lowest BCUT2D eigenvalue weighted by atomic mass is 9.95. The normalized spacial score (nSPS) is 18.0. The van der Waals surface area contributed by atoms with Gasteiger partial charge in [-0.2, -0.15) is 0 Å². The van der Waals surface area contributed by atoms with Gasteiger partial charge >= 0.3 is 0 Å². The molecule has 2 heterocycles. The lowest BCUT2D eigenvalue weighted by Gasteiger charge is -2.36. The van der Waals surface area contributed by atoms with Crippen molar-refractivity contribution >= 4 is 46.5 Å². The molecule has 1 aromatic carbocycles. The van der Waals surface area contributed by atoms with E-state index in [-0.39, 0.29) is 22.5 Å². The Balaban J connectivity index is 2.28. The van der Waals surface area contributed by atoms with Crippen molar-refractivity contribution in [3.63, 3.8) is 0 Å². The zero-order valence-corrected chi connectivity index (χ0v) is 16.6. The molecule has 0 aromatic heterocycles. The highest BCUT2D eigenvalue weighted by Gasteiger charge is 2.40. The van der Waals surface area contributed by atoms with Crippen molar-refractivity contribution in [3.8, 4) is 0 Å². The predicted molar refractivity (Wildman–Crippen MR) is 109 cm³/mol. The van der Waals surface area contributed by atoms with Crippen molar-refractivity contribution in [1.29, 1.82) is 0 Å². The zero-order chi connectivity index (χ0) is 18.8. The Kier molecular flexibility index (Phi) is 5.44. The second-order valence-corrected chi connectivity index (χ2v) is 7.30. The van der Waals surface area contributed by atoms with Crippen LogP contribution in [0.1, 0.15) is 26.3 Å². The molecule has 26 heavy (non-hydrogen) atoms. The number of likely N-dealkylation sites (N-methyl/N-ethyl adjacent to an activating group) is 2. The zero-order valence-electron chi connectivity index (χ0n) is 15.0. The quantitative estimate of drug-likeness (QED) is 0.449. The molecule has 1 saturated heterocycles. The number of rotatable bonds is 3. The van der Waals surface area contributed by atoms with E-state index >= 15 is 0 Å². The molecule has 0 bridgehead atoms. The maximum Gasteiger partial charge on any atom is 0.266 e. The van der Waals surface area contributed by atoms with Crippen LogP contribution in [0, 0.1) is 0 Å². The molecule has 6 heteroatoms. The van der Waals surface area contributed by atoms with Gasteiger partial charge in [0.15, 0.2) is 5.11 Å². The van der Waals surface area contributed by atoms with Gasteiger partial charge in [0.2, 0.25) is 0 Å². The van der Waals surface area contributed by atoms with Crippen molar-refractivity contribution in [3.05, 3.63) is 58.5 Å². The van der Waals surface area contributed by atoms with Gasteiger partial charge in [-0.05, 0) is 50.7 Å². The molecule has 3 rings (SSSR count). The fourth-order valence-electron chi connectivity index (χ4n) is 3.08. The Bertz CT molecular complexity index is 856. The third-order valence-corrected chi connectivity index (χ3v) is 5.81. The van der Waals surface area contributed by atoms with Gasteiger partial charge in [0, 0.05) is 28.5 Å². The summed E-state index contributed by atoms with van der Waals surface area (Å²) in [7, 11) is 0. The summed E-state index contributed by atoms with van der Waals surface area (Å²) >= 11 is 6.98. The van der Waals surface area contributed by atoms with Crippen LogP contribution in [0.4, 0.5) is 0 Å². The molecule has 0 N–H and O–H groups in total. The summed E-state index contributed by atoms with van der Waals surface area (Å²) in [6.07, 6.45) is 5.86. The first-order chi connectivity index (χ1) is 12.5. The van der Waals surface area contributed by atoms with E-state index in [0.717, 1.165) is 15.4 Å². The average molecular weight is 385 g/mol. The number of fused-ring (bicyclic) bond motifs is 1. The minimum Gasteiger partial charge on any atom is -0.285 e. The molecule has 0 radical (unpaired) electrons. The number of carbonyl (C=O) groups is 2. The Morgan fingerprint density at radius 3 is 2.27 bits per heavy atom. The standard InChI is InChI=1S/C20H20N2O2S2/c1-4-9-13-12-15(14-10-7-8-11-16(14)26-13)17-18(23)21(5-2)20(25)22(6-3)19(17)24/h4,7-12H,5-6H2,1-3H3/b9-4+. The first kappa shape index (κ1) is 18.6. The monoisotopic (exact) mass is 384 g/mol. The van der Waals surface area contributed by atoms with Crippen LogP contribution in [0.2, 0.25) is 0 Å². The largest absolute Gasteiger partial charge is 0.285 e. The van der Waals surface area contributed by atoms with Gasteiger partial charge in [-0.15, -0.1) is 0 Å². The Morgan fingerprint density at radius 2 is 1.69 bits per heavy atom. The van der Waals surface area contributed by atoms with Crippen LogP contribution < -0.4 is 0 Å². The lowest BCUT2D eigenvalue weighted by Crippen LogP contribution is -2.56. The third-order valence-electron chi connectivity index (χ3n) is 4.30. The summed E-state index contributed by atoms with van der Waals surface area (Å²) in [6, 6.07) is 7.84. The summed E-state index contributed by atoms with van der Waals surface area (Å²) in [5, 5.41) is 0.283. The predicted octanol–water partition coefficient (Wildman–Crippen LogP) is 4.00. The molecule has 134 valence electrons. The molecule has 2 aliphatic rings. The van der Waals surface area contributed by atoms with E-state index in [1.165, 1.54) is 9.80 Å². The molecule has 0 aliphatic carbocycles. The minimum absolute atomic E-state index is 0.192. The Labute approximate surface area is 163 Å². The summed E-state index contributed by atoms with van der Waals surface area (Å²) in [4.78, 5) is 31.2. The molecular weight excluding hydrogens is 364 g/mol. The molecule has 0 spiro atoms. The summed E-state index contributed by atoms with van der Waals surface area (Å²) in [5.41, 5.74) is 1.77. The van der Waals surface area contributed by atoms with Crippen LogP contribution in [0.3, 0.4) is 0 Å². The fraction of sp³-hybridized carbons (Fsp3) is 0.250. The van der Waals surface area contributed by atoms with Gasteiger partial charge in [-0.25, -0.2) is 0 Å². The van der Waals surface area contributed by atoms with Gasteiger partial charge in [0.1, 0.15) is 5.57 Å². The second kappa shape index (κ2) is 7.60.